The molecule has 3 heterocycles. The van der Waals surface area contributed by atoms with Crippen LogP contribution in [0.4, 0.5) is 19.8 Å². The average molecular weight is 908 g/mol. The average Bonchev–Trinajstić information content (AvgIpc) is 3.45. The number of carbonyl (C=O) groups excluding carboxylic acids is 2. The number of aromatic nitrogens is 5. The zero-order valence-corrected chi connectivity index (χ0v) is 38.3. The van der Waals surface area contributed by atoms with E-state index in [0.29, 0.717) is 29.2 Å². The van der Waals surface area contributed by atoms with Gasteiger partial charge in [-0.05, 0) is 41.0 Å². The monoisotopic (exact) mass is 908 g/mol. The van der Waals surface area contributed by atoms with E-state index in [1.165, 1.54) is 11.8 Å². The van der Waals surface area contributed by atoms with E-state index >= 15 is 4.39 Å². The summed E-state index contributed by atoms with van der Waals surface area (Å²) in [7, 11) is 0. The molecule has 6 rings (SSSR count). The number of anilines is 1. The van der Waals surface area contributed by atoms with Crippen LogP contribution < -0.4 is 8.48 Å². The zero-order chi connectivity index (χ0) is 41.0. The van der Waals surface area contributed by atoms with E-state index in [-0.39, 0.29) is 36.8 Å². The van der Waals surface area contributed by atoms with E-state index in [2.05, 4.69) is 32.1 Å². The molecule has 56 heavy (non-hydrogen) atoms. The molecular weight excluding hydrogens is 850 g/mol. The van der Waals surface area contributed by atoms with Gasteiger partial charge in [-0.1, -0.05) is 6.92 Å². The quantitative estimate of drug-likeness (QED) is 0.0581. The Labute approximate surface area is 337 Å². The van der Waals surface area contributed by atoms with Crippen LogP contribution in [-0.2, 0) is 28.4 Å². The van der Waals surface area contributed by atoms with E-state index in [0.717, 1.165) is 21.3 Å². The maximum absolute atomic E-state index is 15.5. The van der Waals surface area contributed by atoms with E-state index in [1.54, 1.807) is 36.4 Å². The number of carbonyl (C=O) groups is 2. The second-order valence-electron chi connectivity index (χ2n) is 18.2. The normalized spacial score (nSPS) is 24.6. The van der Waals surface area contributed by atoms with E-state index in [9.17, 15) is 9.59 Å². The van der Waals surface area contributed by atoms with Crippen LogP contribution in [0.2, 0.25) is 14.8 Å². The molecule has 6 atom stereocenters. The molecule has 0 unspecified atom stereocenters. The first-order valence-electron chi connectivity index (χ1n) is 19.5. The fourth-order valence-corrected chi connectivity index (χ4v) is 11.9. The second kappa shape index (κ2) is 16.1. The number of rotatable bonds is 12. The second-order valence-corrected chi connectivity index (χ2v) is 33.7. The van der Waals surface area contributed by atoms with E-state index < -0.39 is 72.0 Å². The molecule has 0 radical (unpaired) electrons. The summed E-state index contributed by atoms with van der Waals surface area (Å²) in [6.45, 7) is 16.6. The van der Waals surface area contributed by atoms with Gasteiger partial charge >= 0.3 is 213 Å². The van der Waals surface area contributed by atoms with Gasteiger partial charge in [0.2, 0.25) is 0 Å². The number of thioether (sulfide) groups is 1. The first kappa shape index (κ1) is 42.8. The molecule has 0 bridgehead atoms. The molecule has 0 N–H and O–H groups in total. The van der Waals surface area contributed by atoms with Crippen LogP contribution in [0, 0.1) is 5.82 Å². The zero-order valence-electron chi connectivity index (χ0n) is 34.7. The fourth-order valence-electron chi connectivity index (χ4n) is 7.25. The predicted molar refractivity (Wildman–Crippen MR) is 213 cm³/mol. The Balaban J connectivity index is 1.34. The minimum atomic E-state index is -2.68. The molecule has 2 aromatic heterocycles. The number of fused-ring (bicyclic) bond motifs is 2. The molecule has 3 fully saturated rings. The van der Waals surface area contributed by atoms with Gasteiger partial charge in [-0.25, -0.2) is 4.79 Å². The van der Waals surface area contributed by atoms with Gasteiger partial charge in [0.25, 0.3) is 0 Å². The maximum atomic E-state index is 15.5. The van der Waals surface area contributed by atoms with Crippen molar-refractivity contribution < 1.29 is 42.4 Å². The molecule has 3 aliphatic rings. The molecular formula is C39H57FN6O8SSn. The number of nitrogens with zero attached hydrogens (tertiary/aromatic N) is 6. The molecule has 1 amide bonds. The van der Waals surface area contributed by atoms with Crippen LogP contribution in [0.1, 0.15) is 99.1 Å². The van der Waals surface area contributed by atoms with Crippen LogP contribution in [0.3, 0.4) is 0 Å². The van der Waals surface area contributed by atoms with Crippen molar-refractivity contribution in [2.24, 2.45) is 0 Å². The number of hydrogen-bond acceptors (Lipinski definition) is 13. The van der Waals surface area contributed by atoms with Crippen molar-refractivity contribution in [1.82, 2.24) is 25.0 Å². The molecule has 0 spiro atoms. The first-order valence-corrected chi connectivity index (χ1v) is 30.4. The summed E-state index contributed by atoms with van der Waals surface area (Å²) < 4.78 is 53.6. The summed E-state index contributed by atoms with van der Waals surface area (Å²) in [5.74, 6) is -0.179. The predicted octanol–water partition coefficient (Wildman–Crippen LogP) is 7.51. The van der Waals surface area contributed by atoms with E-state index in [1.807, 2.05) is 46.8 Å². The summed E-state index contributed by atoms with van der Waals surface area (Å²) >= 11 is -1.21. The van der Waals surface area contributed by atoms with Crippen LogP contribution in [0.15, 0.2) is 23.4 Å². The Hall–Kier alpha value is -2.80. The van der Waals surface area contributed by atoms with Crippen LogP contribution >= 0.6 is 11.8 Å². The molecule has 2 saturated carbocycles. The first-order chi connectivity index (χ1) is 26.0. The fraction of sp³-hybridized carbons (Fsp3) is 0.692. The summed E-state index contributed by atoms with van der Waals surface area (Å²) in [6, 6.07) is 4.79. The van der Waals surface area contributed by atoms with E-state index in [4.69, 9.17) is 38.4 Å². The number of amides is 1. The molecule has 1 aliphatic heterocycles. The van der Waals surface area contributed by atoms with Crippen molar-refractivity contribution in [3.05, 3.63) is 29.6 Å². The number of benzene rings is 1. The van der Waals surface area contributed by atoms with Crippen molar-refractivity contribution in [3.8, 4) is 0 Å². The SMILES string of the molecule is CCCSc1nc(N(C(=O)OC(C)(C)C)[C@@H]2C[C@H]2c2cc[c]([Sn]([CH3])([CH3])[CH3])c(F)c2)c2nnn([C@@H]3C[C@H](OCCOC(=O)OC(C)(C)C)[C@H]4OC(C)(C)O[C@H]43)c2n1. The van der Waals surface area contributed by atoms with Crippen molar-refractivity contribution >= 4 is 62.9 Å². The molecule has 2 aliphatic carbocycles. The van der Waals surface area contributed by atoms with Crippen molar-refractivity contribution in [2.45, 2.75) is 155 Å². The molecule has 3 aromatic rings. The topological polar surface area (TPSA) is 149 Å². The Bertz CT molecular complexity index is 1930. The Kier molecular flexibility index (Phi) is 12.3. The van der Waals surface area contributed by atoms with Crippen molar-refractivity contribution in [1.29, 1.82) is 0 Å². The van der Waals surface area contributed by atoms with Crippen LogP contribution in [0.5, 0.6) is 0 Å². The van der Waals surface area contributed by atoms with Crippen LogP contribution in [0.25, 0.3) is 11.2 Å². The summed E-state index contributed by atoms with van der Waals surface area (Å²) in [5, 5.41) is 9.70. The Morgan fingerprint density at radius 1 is 1.02 bits per heavy atom. The summed E-state index contributed by atoms with van der Waals surface area (Å²) in [5.41, 5.74) is 0.117. The summed E-state index contributed by atoms with van der Waals surface area (Å²) in [4.78, 5) is 44.4. The molecule has 14 nitrogen and oxygen atoms in total. The van der Waals surface area contributed by atoms with Gasteiger partial charge in [0, 0.05) is 6.42 Å². The number of halogens is 1. The van der Waals surface area contributed by atoms with Gasteiger partial charge in [0.1, 0.15) is 24.4 Å². The van der Waals surface area contributed by atoms with Gasteiger partial charge < -0.3 is 23.7 Å². The molecule has 17 heteroatoms. The van der Waals surface area contributed by atoms with Gasteiger partial charge in [0.05, 0.1) is 12.7 Å². The van der Waals surface area contributed by atoms with Crippen molar-refractivity contribution in [2.75, 3.05) is 23.9 Å². The number of ether oxygens (including phenoxy) is 6. The third-order valence-electron chi connectivity index (χ3n) is 9.58. The number of hydrogen-bond donors (Lipinski definition) is 0. The molecule has 1 saturated heterocycles. The minimum absolute atomic E-state index is 0.00276. The Morgan fingerprint density at radius 3 is 2.36 bits per heavy atom. The standard InChI is InChI=1S/C36H48FN6O8S.3CH3.Sn/c1-10-16-52-31-38-29(42(32(44)50-34(2,3)4)23-18-22(23)20-12-11-13-21(37)17-20)26-30(39-31)43(41-40-26)24-19-25(28-27(24)48-36(8,9)49-28)46-14-15-47-33(45)51-35(5,6)7;;;;/h11-12,17,22-25,27-28H,10,14-16,18-19H2,1-9H3;3*1H3;/t22-,23+,24+,25-,27-,28+;;;;/m0..../s1. The third-order valence-corrected chi connectivity index (χ3v) is 16.4. The van der Waals surface area contributed by atoms with Gasteiger partial charge in [0.15, 0.2) is 5.79 Å². The third kappa shape index (κ3) is 9.89. The van der Waals surface area contributed by atoms with Crippen LogP contribution in [-0.4, -0.2) is 116 Å². The molecule has 308 valence electrons. The molecule has 1 aromatic carbocycles. The van der Waals surface area contributed by atoms with Gasteiger partial charge in [-0.15, -0.1) is 0 Å². The van der Waals surface area contributed by atoms with Crippen molar-refractivity contribution in [3.63, 3.8) is 0 Å². The Morgan fingerprint density at radius 2 is 1.71 bits per heavy atom. The van der Waals surface area contributed by atoms with Gasteiger partial charge in [-0.2, -0.15) is 0 Å². The van der Waals surface area contributed by atoms with Gasteiger partial charge in [-0.3, -0.25) is 0 Å². The summed E-state index contributed by atoms with van der Waals surface area (Å²) in [6.07, 6.45) is -0.784.